The van der Waals surface area contributed by atoms with E-state index in [2.05, 4.69) is 19.3 Å². The molecule has 0 amide bonds. The highest BCUT2D eigenvalue weighted by Crippen LogP contribution is 2.53. The third kappa shape index (κ3) is 0.663. The lowest BCUT2D eigenvalue weighted by Gasteiger charge is -2.24. The zero-order valence-electron chi connectivity index (χ0n) is 6.68. The monoisotopic (exact) mass is 141 g/mol. The van der Waals surface area contributed by atoms with Gasteiger partial charge in [0, 0.05) is 5.54 Å². The van der Waals surface area contributed by atoms with E-state index in [9.17, 15) is 0 Å². The Kier molecular flexibility index (Phi) is 1.29. The van der Waals surface area contributed by atoms with Gasteiger partial charge in [-0.25, -0.2) is 0 Å². The number of hydrogen-bond acceptors (Lipinski definition) is 2. The third-order valence-electron chi connectivity index (χ3n) is 3.36. The molecular formula is C8H15NO. The van der Waals surface area contributed by atoms with Gasteiger partial charge in [-0.3, -0.25) is 0 Å². The highest BCUT2D eigenvalue weighted by molar-refractivity contribution is 5.12. The molecule has 1 aliphatic heterocycles. The van der Waals surface area contributed by atoms with E-state index < -0.39 is 0 Å². The second-order valence-electron chi connectivity index (χ2n) is 3.67. The molecule has 0 aromatic heterocycles. The van der Waals surface area contributed by atoms with Gasteiger partial charge in [0.05, 0.1) is 6.61 Å². The van der Waals surface area contributed by atoms with Gasteiger partial charge in [-0.15, -0.1) is 0 Å². The van der Waals surface area contributed by atoms with Crippen LogP contribution in [0, 0.1) is 11.8 Å². The molecule has 2 nitrogen and oxygen atoms in total. The molecule has 0 bridgehead atoms. The Morgan fingerprint density at radius 1 is 1.40 bits per heavy atom. The van der Waals surface area contributed by atoms with E-state index in [1.54, 1.807) is 0 Å². The molecule has 0 radical (unpaired) electrons. The summed E-state index contributed by atoms with van der Waals surface area (Å²) in [5, 5.41) is 0. The molecule has 58 valence electrons. The summed E-state index contributed by atoms with van der Waals surface area (Å²) < 4.78 is 0. The molecule has 0 aromatic carbocycles. The molecule has 1 heterocycles. The van der Waals surface area contributed by atoms with Crippen LogP contribution < -0.4 is 5.48 Å². The van der Waals surface area contributed by atoms with E-state index >= 15 is 0 Å². The topological polar surface area (TPSA) is 21.3 Å². The molecule has 1 spiro atoms. The Labute approximate surface area is 61.9 Å². The minimum atomic E-state index is 0.373. The predicted octanol–water partition coefficient (Wildman–Crippen LogP) is 1.33. The summed E-state index contributed by atoms with van der Waals surface area (Å²) >= 11 is 0. The fraction of sp³-hybridized carbons (Fsp3) is 1.00. The van der Waals surface area contributed by atoms with Gasteiger partial charge < -0.3 is 4.84 Å². The van der Waals surface area contributed by atoms with E-state index in [4.69, 9.17) is 4.84 Å². The minimum absolute atomic E-state index is 0.373. The standard InChI is InChI=1S/C8H15NO/c1-6-7(2)8(6)4-3-5-10-9-8/h6-7,9H,3-5H2,1-2H3. The maximum Gasteiger partial charge on any atom is 0.0683 e. The van der Waals surface area contributed by atoms with Crippen molar-refractivity contribution in [1.29, 1.82) is 0 Å². The second-order valence-corrected chi connectivity index (χ2v) is 3.67. The lowest BCUT2D eigenvalue weighted by molar-refractivity contribution is -0.0357. The molecule has 2 unspecified atom stereocenters. The number of hydroxylamine groups is 1. The first-order valence-corrected chi connectivity index (χ1v) is 4.16. The van der Waals surface area contributed by atoms with Crippen LogP contribution in [-0.2, 0) is 4.84 Å². The van der Waals surface area contributed by atoms with Crippen molar-refractivity contribution in [3.63, 3.8) is 0 Å². The zero-order chi connectivity index (χ0) is 7.19. The van der Waals surface area contributed by atoms with Gasteiger partial charge in [-0.05, 0) is 24.7 Å². The van der Waals surface area contributed by atoms with E-state index in [-0.39, 0.29) is 0 Å². The quantitative estimate of drug-likeness (QED) is 0.549. The van der Waals surface area contributed by atoms with Crippen LogP contribution in [0.4, 0.5) is 0 Å². The van der Waals surface area contributed by atoms with Gasteiger partial charge in [0.15, 0.2) is 0 Å². The van der Waals surface area contributed by atoms with Crippen LogP contribution in [0.15, 0.2) is 0 Å². The van der Waals surface area contributed by atoms with E-state index in [0.29, 0.717) is 5.54 Å². The summed E-state index contributed by atoms with van der Waals surface area (Å²) in [7, 11) is 0. The first-order chi connectivity index (χ1) is 4.77. The Balaban J connectivity index is 2.03. The van der Waals surface area contributed by atoms with Crippen molar-refractivity contribution in [1.82, 2.24) is 5.48 Å². The van der Waals surface area contributed by atoms with E-state index in [1.165, 1.54) is 12.8 Å². The van der Waals surface area contributed by atoms with E-state index in [0.717, 1.165) is 18.4 Å². The van der Waals surface area contributed by atoms with Crippen LogP contribution in [0.1, 0.15) is 26.7 Å². The lowest BCUT2D eigenvalue weighted by atomic mass is 10.1. The molecular weight excluding hydrogens is 126 g/mol. The normalized spacial score (nSPS) is 53.4. The first-order valence-electron chi connectivity index (χ1n) is 4.16. The van der Waals surface area contributed by atoms with Crippen LogP contribution in [0.3, 0.4) is 0 Å². The van der Waals surface area contributed by atoms with Gasteiger partial charge in [0.25, 0.3) is 0 Å². The number of nitrogens with one attached hydrogen (secondary N) is 1. The summed E-state index contributed by atoms with van der Waals surface area (Å²) in [6, 6.07) is 0. The second kappa shape index (κ2) is 1.95. The largest absolute Gasteiger partial charge is 0.301 e. The third-order valence-corrected chi connectivity index (χ3v) is 3.36. The van der Waals surface area contributed by atoms with Gasteiger partial charge in [0.1, 0.15) is 0 Å². The molecule has 2 heteroatoms. The maximum atomic E-state index is 5.24. The van der Waals surface area contributed by atoms with Gasteiger partial charge in [0.2, 0.25) is 0 Å². The van der Waals surface area contributed by atoms with Crippen molar-refractivity contribution in [2.24, 2.45) is 11.8 Å². The molecule has 10 heavy (non-hydrogen) atoms. The van der Waals surface area contributed by atoms with Crippen LogP contribution in [-0.4, -0.2) is 12.1 Å². The van der Waals surface area contributed by atoms with Crippen LogP contribution in [0.25, 0.3) is 0 Å². The van der Waals surface area contributed by atoms with Crippen molar-refractivity contribution in [2.45, 2.75) is 32.2 Å². The van der Waals surface area contributed by atoms with Gasteiger partial charge >= 0.3 is 0 Å². The average molecular weight is 141 g/mol. The van der Waals surface area contributed by atoms with Crippen molar-refractivity contribution in [3.05, 3.63) is 0 Å². The summed E-state index contributed by atoms with van der Waals surface area (Å²) in [5.74, 6) is 1.63. The molecule has 1 aliphatic carbocycles. The molecule has 1 saturated heterocycles. The first kappa shape index (κ1) is 6.62. The number of rotatable bonds is 0. The summed E-state index contributed by atoms with van der Waals surface area (Å²) in [5.41, 5.74) is 3.54. The highest BCUT2D eigenvalue weighted by atomic mass is 16.6. The fourth-order valence-electron chi connectivity index (χ4n) is 2.18. The molecule has 0 aromatic rings. The van der Waals surface area contributed by atoms with Gasteiger partial charge in [-0.2, -0.15) is 5.48 Å². The summed E-state index contributed by atoms with van der Waals surface area (Å²) in [6.45, 7) is 5.49. The lowest BCUT2D eigenvalue weighted by Crippen LogP contribution is -2.39. The summed E-state index contributed by atoms with van der Waals surface area (Å²) in [4.78, 5) is 5.24. The number of hydrogen-bond donors (Lipinski definition) is 1. The van der Waals surface area contributed by atoms with Crippen molar-refractivity contribution >= 4 is 0 Å². The smallest absolute Gasteiger partial charge is 0.0683 e. The van der Waals surface area contributed by atoms with E-state index in [1.807, 2.05) is 0 Å². The van der Waals surface area contributed by atoms with Crippen LogP contribution >= 0.6 is 0 Å². The van der Waals surface area contributed by atoms with Crippen molar-refractivity contribution in [2.75, 3.05) is 6.61 Å². The molecule has 1 N–H and O–H groups in total. The fourth-order valence-corrected chi connectivity index (χ4v) is 2.18. The predicted molar refractivity (Wildman–Crippen MR) is 39.4 cm³/mol. The molecule has 2 fully saturated rings. The van der Waals surface area contributed by atoms with Crippen LogP contribution in [0.5, 0.6) is 0 Å². The highest BCUT2D eigenvalue weighted by Gasteiger charge is 2.59. The van der Waals surface area contributed by atoms with Crippen molar-refractivity contribution < 1.29 is 4.84 Å². The Morgan fingerprint density at radius 2 is 2.10 bits per heavy atom. The minimum Gasteiger partial charge on any atom is -0.301 e. The average Bonchev–Trinajstić information content (AvgIpc) is 2.45. The Hall–Kier alpha value is -0.0800. The Bertz CT molecular complexity index is 130. The summed E-state index contributed by atoms with van der Waals surface area (Å²) in [6.07, 6.45) is 2.52. The maximum absolute atomic E-state index is 5.24. The molecule has 2 atom stereocenters. The Morgan fingerprint density at radius 3 is 2.40 bits per heavy atom. The molecule has 1 saturated carbocycles. The molecule has 2 aliphatic rings. The van der Waals surface area contributed by atoms with Gasteiger partial charge in [-0.1, -0.05) is 13.8 Å². The zero-order valence-corrected chi connectivity index (χ0v) is 6.68. The molecule has 2 rings (SSSR count). The SMILES string of the molecule is CC1C(C)C12CCCON2. The van der Waals surface area contributed by atoms with Crippen LogP contribution in [0.2, 0.25) is 0 Å². The van der Waals surface area contributed by atoms with Crippen molar-refractivity contribution in [3.8, 4) is 0 Å².